The van der Waals surface area contributed by atoms with E-state index in [1.807, 2.05) is 6.07 Å². The highest BCUT2D eigenvalue weighted by Crippen LogP contribution is 2.33. The number of anilines is 2. The van der Waals surface area contributed by atoms with Crippen molar-refractivity contribution in [3.05, 3.63) is 52.9 Å². The first-order valence-corrected chi connectivity index (χ1v) is 10.5. The van der Waals surface area contributed by atoms with Crippen molar-refractivity contribution in [1.29, 1.82) is 0 Å². The molecule has 0 unspecified atom stereocenters. The van der Waals surface area contributed by atoms with Crippen molar-refractivity contribution < 1.29 is 23.2 Å². The van der Waals surface area contributed by atoms with Crippen LogP contribution in [0, 0.1) is 5.82 Å². The predicted octanol–water partition coefficient (Wildman–Crippen LogP) is 4.08. The van der Waals surface area contributed by atoms with Crippen molar-refractivity contribution in [2.45, 2.75) is 19.3 Å². The largest absolute Gasteiger partial charge is 0.441 e. The third kappa shape index (κ3) is 4.40. The molecule has 2 aliphatic rings. The minimum atomic E-state index is -0.658. The van der Waals surface area contributed by atoms with Crippen molar-refractivity contribution in [3.8, 4) is 0 Å². The number of hydrogen-bond donors (Lipinski definition) is 1. The summed E-state index contributed by atoms with van der Waals surface area (Å²) >= 11 is 0.744. The van der Waals surface area contributed by atoms with Gasteiger partial charge in [0.15, 0.2) is 5.88 Å². The normalized spacial score (nSPS) is 18.4. The molecule has 9 heteroatoms. The van der Waals surface area contributed by atoms with Gasteiger partial charge in [0, 0.05) is 25.2 Å². The van der Waals surface area contributed by atoms with Crippen LogP contribution in [0.3, 0.4) is 0 Å². The molecule has 0 spiro atoms. The Bertz CT molecular complexity index is 1010. The lowest BCUT2D eigenvalue weighted by atomic mass is 10.1. The van der Waals surface area contributed by atoms with Crippen molar-refractivity contribution in [2.75, 3.05) is 29.9 Å². The van der Waals surface area contributed by atoms with E-state index >= 15 is 0 Å². The quantitative estimate of drug-likeness (QED) is 0.721. The fourth-order valence-electron chi connectivity index (χ4n) is 3.37. The number of amides is 3. The lowest BCUT2D eigenvalue weighted by molar-refractivity contribution is -0.127. The van der Waals surface area contributed by atoms with Crippen LogP contribution in [0.4, 0.5) is 20.8 Å². The van der Waals surface area contributed by atoms with Crippen molar-refractivity contribution >= 4 is 46.5 Å². The molecule has 2 saturated heterocycles. The number of carbonyl (C=O) groups excluding carboxylic acids is 3. The highest BCUT2D eigenvalue weighted by molar-refractivity contribution is 8.18. The second-order valence-electron chi connectivity index (χ2n) is 7.02. The molecule has 0 bridgehead atoms. The van der Waals surface area contributed by atoms with Gasteiger partial charge < -0.3 is 14.6 Å². The van der Waals surface area contributed by atoms with E-state index < -0.39 is 29.4 Å². The second kappa shape index (κ2) is 8.74. The Hall–Kier alpha value is -3.07. The minimum Gasteiger partial charge on any atom is -0.441 e. The van der Waals surface area contributed by atoms with Crippen LogP contribution in [0.15, 0.2) is 45.7 Å². The molecule has 2 aromatic rings. The molecule has 1 aromatic carbocycles. The first-order valence-electron chi connectivity index (χ1n) is 9.66. The number of benzene rings is 1. The van der Waals surface area contributed by atoms with Gasteiger partial charge in [-0.3, -0.25) is 19.3 Å². The molecule has 3 amide bonds. The van der Waals surface area contributed by atoms with Gasteiger partial charge in [0.25, 0.3) is 11.1 Å². The number of thioether (sulfide) groups is 1. The zero-order valence-electron chi connectivity index (χ0n) is 16.1. The van der Waals surface area contributed by atoms with Gasteiger partial charge in [-0.15, -0.1) is 0 Å². The maximum atomic E-state index is 13.7. The summed E-state index contributed by atoms with van der Waals surface area (Å²) in [7, 11) is 0. The van der Waals surface area contributed by atoms with E-state index in [1.54, 1.807) is 12.1 Å². The molecule has 0 aliphatic carbocycles. The summed E-state index contributed by atoms with van der Waals surface area (Å²) in [4.78, 5) is 40.2. The van der Waals surface area contributed by atoms with Crippen molar-refractivity contribution in [1.82, 2.24) is 4.90 Å². The topological polar surface area (TPSA) is 82.9 Å². The molecule has 3 heterocycles. The van der Waals surface area contributed by atoms with E-state index in [9.17, 15) is 18.8 Å². The van der Waals surface area contributed by atoms with E-state index in [-0.39, 0.29) is 10.6 Å². The van der Waals surface area contributed by atoms with Gasteiger partial charge in [-0.05, 0) is 49.2 Å². The smallest absolute Gasteiger partial charge is 0.294 e. The van der Waals surface area contributed by atoms with E-state index in [2.05, 4.69) is 10.2 Å². The average molecular weight is 429 g/mol. The third-order valence-electron chi connectivity index (χ3n) is 4.88. The Morgan fingerprint density at radius 1 is 1.13 bits per heavy atom. The number of halogens is 1. The zero-order valence-corrected chi connectivity index (χ0v) is 16.9. The lowest BCUT2D eigenvalue weighted by Gasteiger charge is -2.25. The summed E-state index contributed by atoms with van der Waals surface area (Å²) < 4.78 is 19.5. The summed E-state index contributed by atoms with van der Waals surface area (Å²) in [5.74, 6) is -0.623. The molecule has 0 saturated carbocycles. The SMILES string of the molecule is O=C(CN1C(=O)SC(=Cc2ccc(N3CCCCC3)o2)C1=O)Nc1ccccc1F. The van der Waals surface area contributed by atoms with Gasteiger partial charge >= 0.3 is 0 Å². The summed E-state index contributed by atoms with van der Waals surface area (Å²) in [5.41, 5.74) is -0.00848. The zero-order chi connectivity index (χ0) is 21.1. The molecule has 2 aliphatic heterocycles. The number of nitrogens with zero attached hydrogens (tertiary/aromatic N) is 2. The molecule has 1 aromatic heterocycles. The molecule has 0 radical (unpaired) electrons. The Kier molecular flexibility index (Phi) is 5.89. The fourth-order valence-corrected chi connectivity index (χ4v) is 4.18. The molecule has 7 nitrogen and oxygen atoms in total. The average Bonchev–Trinajstić information content (AvgIpc) is 3.31. The third-order valence-corrected chi connectivity index (χ3v) is 5.78. The standard InChI is InChI=1S/C21H20FN3O4S/c22-15-6-2-3-7-16(15)23-18(26)13-25-20(27)17(30-21(25)28)12-14-8-9-19(29-14)24-10-4-1-5-11-24/h2-3,6-9,12H,1,4-5,10-11,13H2,(H,23,26). The first-order chi connectivity index (χ1) is 14.5. The van der Waals surface area contributed by atoms with Crippen molar-refractivity contribution in [3.63, 3.8) is 0 Å². The summed E-state index contributed by atoms with van der Waals surface area (Å²) in [5, 5.41) is 1.81. The van der Waals surface area contributed by atoms with Crippen LogP contribution in [-0.2, 0) is 9.59 Å². The molecule has 4 rings (SSSR count). The van der Waals surface area contributed by atoms with E-state index in [0.717, 1.165) is 48.5 Å². The second-order valence-corrected chi connectivity index (χ2v) is 8.01. The van der Waals surface area contributed by atoms with Crippen LogP contribution in [0.2, 0.25) is 0 Å². The maximum Gasteiger partial charge on any atom is 0.294 e. The minimum absolute atomic E-state index is 0.00848. The number of rotatable bonds is 5. The van der Waals surface area contributed by atoms with Gasteiger partial charge in [0.1, 0.15) is 18.1 Å². The number of para-hydroxylation sites is 1. The molecular formula is C21H20FN3O4S. The number of piperidine rings is 1. The Morgan fingerprint density at radius 3 is 2.67 bits per heavy atom. The van der Waals surface area contributed by atoms with Crippen LogP contribution in [0.25, 0.3) is 6.08 Å². The van der Waals surface area contributed by atoms with Crippen LogP contribution in [0.5, 0.6) is 0 Å². The number of hydrogen-bond acceptors (Lipinski definition) is 6. The highest BCUT2D eigenvalue weighted by atomic mass is 32.2. The summed E-state index contributed by atoms with van der Waals surface area (Å²) in [6.07, 6.45) is 4.95. The van der Waals surface area contributed by atoms with Gasteiger partial charge in [-0.1, -0.05) is 12.1 Å². The van der Waals surface area contributed by atoms with Gasteiger partial charge in [-0.25, -0.2) is 4.39 Å². The number of furan rings is 1. The molecule has 2 fully saturated rings. The predicted molar refractivity (Wildman–Crippen MR) is 112 cm³/mol. The molecule has 156 valence electrons. The Morgan fingerprint density at radius 2 is 1.90 bits per heavy atom. The van der Waals surface area contributed by atoms with Crippen LogP contribution in [0.1, 0.15) is 25.0 Å². The van der Waals surface area contributed by atoms with Gasteiger partial charge in [0.05, 0.1) is 10.6 Å². The van der Waals surface area contributed by atoms with Crippen LogP contribution >= 0.6 is 11.8 Å². The van der Waals surface area contributed by atoms with Crippen molar-refractivity contribution in [2.24, 2.45) is 0 Å². The van der Waals surface area contributed by atoms with Gasteiger partial charge in [-0.2, -0.15) is 0 Å². The number of imide groups is 1. The van der Waals surface area contributed by atoms with Gasteiger partial charge in [0.2, 0.25) is 5.91 Å². The Balaban J connectivity index is 1.41. The molecular weight excluding hydrogens is 409 g/mol. The highest BCUT2D eigenvalue weighted by Gasteiger charge is 2.36. The number of carbonyl (C=O) groups is 3. The summed E-state index contributed by atoms with van der Waals surface area (Å²) in [6, 6.07) is 9.28. The molecule has 1 N–H and O–H groups in total. The maximum absolute atomic E-state index is 13.7. The molecule has 30 heavy (non-hydrogen) atoms. The van der Waals surface area contributed by atoms with E-state index in [4.69, 9.17) is 4.42 Å². The van der Waals surface area contributed by atoms with E-state index in [0.29, 0.717) is 5.76 Å². The lowest BCUT2D eigenvalue weighted by Crippen LogP contribution is -2.36. The fraction of sp³-hybridized carbons (Fsp3) is 0.286. The first kappa shape index (κ1) is 20.2. The monoisotopic (exact) mass is 429 g/mol. The van der Waals surface area contributed by atoms with E-state index in [1.165, 1.54) is 30.7 Å². The Labute approximate surface area is 176 Å². The molecule has 0 atom stereocenters. The van der Waals surface area contributed by atoms with Crippen LogP contribution in [-0.4, -0.2) is 41.6 Å². The number of nitrogens with one attached hydrogen (secondary N) is 1. The van der Waals surface area contributed by atoms with Crippen LogP contribution < -0.4 is 10.2 Å². The summed E-state index contributed by atoms with van der Waals surface area (Å²) in [6.45, 7) is 1.37.